The molecule has 0 fully saturated rings. The van der Waals surface area contributed by atoms with Crippen molar-refractivity contribution >= 4 is 24.1 Å². The molecular formula is C12H18N6O3. The summed E-state index contributed by atoms with van der Waals surface area (Å²) >= 11 is 0. The molecular weight excluding hydrogens is 276 g/mol. The van der Waals surface area contributed by atoms with Crippen LogP contribution in [0.2, 0.25) is 0 Å². The Balaban J connectivity index is 3.52. The topological polar surface area (TPSA) is 96.9 Å². The van der Waals surface area contributed by atoms with Gasteiger partial charge in [-0.25, -0.2) is 9.98 Å². The molecule has 0 aromatic carbocycles. The SMILES string of the molecule is CN(C)C=Nc1nc(/C=C/N(C)C)c([N+](=O)[O-])c(=O)n1C. The van der Waals surface area contributed by atoms with Crippen molar-refractivity contribution in [3.63, 3.8) is 0 Å². The minimum atomic E-state index is -0.751. The lowest BCUT2D eigenvalue weighted by Gasteiger charge is -2.07. The van der Waals surface area contributed by atoms with Gasteiger partial charge in [0.1, 0.15) is 0 Å². The zero-order chi connectivity index (χ0) is 16.2. The van der Waals surface area contributed by atoms with Gasteiger partial charge < -0.3 is 9.80 Å². The maximum absolute atomic E-state index is 12.1. The van der Waals surface area contributed by atoms with Crippen LogP contribution in [-0.4, -0.2) is 58.8 Å². The van der Waals surface area contributed by atoms with E-state index in [0.29, 0.717) is 0 Å². The van der Waals surface area contributed by atoms with Gasteiger partial charge in [0.15, 0.2) is 5.69 Å². The Hall–Kier alpha value is -2.71. The molecule has 0 aliphatic rings. The highest BCUT2D eigenvalue weighted by Crippen LogP contribution is 2.16. The van der Waals surface area contributed by atoms with Crippen LogP contribution < -0.4 is 5.56 Å². The van der Waals surface area contributed by atoms with Crippen molar-refractivity contribution in [3.05, 3.63) is 32.4 Å². The highest BCUT2D eigenvalue weighted by Gasteiger charge is 2.22. The first-order valence-corrected chi connectivity index (χ1v) is 6.04. The van der Waals surface area contributed by atoms with Crippen LogP contribution >= 0.6 is 0 Å². The molecule has 1 rings (SSSR count). The molecule has 0 bridgehead atoms. The Morgan fingerprint density at radius 2 is 1.90 bits per heavy atom. The highest BCUT2D eigenvalue weighted by molar-refractivity contribution is 5.61. The average Bonchev–Trinajstić information content (AvgIpc) is 2.37. The smallest absolute Gasteiger partial charge is 0.359 e. The molecule has 21 heavy (non-hydrogen) atoms. The van der Waals surface area contributed by atoms with Crippen LogP contribution in [-0.2, 0) is 7.05 Å². The Kier molecular flexibility index (Phi) is 5.17. The van der Waals surface area contributed by atoms with Crippen LogP contribution in [0.5, 0.6) is 0 Å². The first-order chi connectivity index (χ1) is 9.73. The molecule has 1 aromatic rings. The monoisotopic (exact) mass is 294 g/mol. The van der Waals surface area contributed by atoms with Crippen molar-refractivity contribution in [2.75, 3.05) is 28.2 Å². The second kappa shape index (κ2) is 6.64. The minimum Gasteiger partial charge on any atom is -0.383 e. The first kappa shape index (κ1) is 16.3. The van der Waals surface area contributed by atoms with Crippen molar-refractivity contribution in [3.8, 4) is 0 Å². The molecule has 1 aromatic heterocycles. The molecule has 1 heterocycles. The largest absolute Gasteiger partial charge is 0.383 e. The van der Waals surface area contributed by atoms with Crippen LogP contribution in [0.15, 0.2) is 16.0 Å². The quantitative estimate of drug-likeness (QED) is 0.338. The van der Waals surface area contributed by atoms with Gasteiger partial charge in [-0.1, -0.05) is 0 Å². The normalized spacial score (nSPS) is 11.3. The van der Waals surface area contributed by atoms with Crippen molar-refractivity contribution in [1.29, 1.82) is 0 Å². The third kappa shape index (κ3) is 4.13. The van der Waals surface area contributed by atoms with Gasteiger partial charge in [0.25, 0.3) is 0 Å². The summed E-state index contributed by atoms with van der Waals surface area (Å²) in [5.74, 6) is 0.0951. The fourth-order valence-electron chi connectivity index (χ4n) is 1.38. The van der Waals surface area contributed by atoms with Crippen LogP contribution in [0.25, 0.3) is 6.08 Å². The Labute approximate surface area is 122 Å². The number of hydrogen-bond acceptors (Lipinski definition) is 6. The number of aliphatic imine (C=N–C) groups is 1. The third-order valence-corrected chi connectivity index (χ3v) is 2.39. The summed E-state index contributed by atoms with van der Waals surface area (Å²) in [5, 5.41) is 11.1. The molecule has 0 aliphatic heterocycles. The predicted molar refractivity (Wildman–Crippen MR) is 80.7 cm³/mol. The van der Waals surface area contributed by atoms with Crippen molar-refractivity contribution in [1.82, 2.24) is 19.4 Å². The molecule has 0 radical (unpaired) electrons. The zero-order valence-electron chi connectivity index (χ0n) is 12.6. The van der Waals surface area contributed by atoms with E-state index in [9.17, 15) is 14.9 Å². The van der Waals surface area contributed by atoms with E-state index in [-0.39, 0.29) is 11.6 Å². The van der Waals surface area contributed by atoms with E-state index in [1.54, 1.807) is 44.2 Å². The lowest BCUT2D eigenvalue weighted by Crippen LogP contribution is -2.23. The molecule has 9 heteroatoms. The Morgan fingerprint density at radius 3 is 2.38 bits per heavy atom. The van der Waals surface area contributed by atoms with Gasteiger partial charge in [-0.05, 0) is 6.08 Å². The lowest BCUT2D eigenvalue weighted by molar-refractivity contribution is -0.387. The van der Waals surface area contributed by atoms with Crippen molar-refractivity contribution in [2.24, 2.45) is 12.0 Å². The maximum atomic E-state index is 12.1. The van der Waals surface area contributed by atoms with E-state index in [2.05, 4.69) is 9.98 Å². The Bertz CT molecular complexity index is 645. The summed E-state index contributed by atoms with van der Waals surface area (Å²) in [6.07, 6.45) is 4.45. The zero-order valence-corrected chi connectivity index (χ0v) is 12.6. The molecule has 0 saturated heterocycles. The third-order valence-electron chi connectivity index (χ3n) is 2.39. The number of rotatable bonds is 5. The van der Waals surface area contributed by atoms with E-state index in [0.717, 1.165) is 4.57 Å². The van der Waals surface area contributed by atoms with Gasteiger partial charge >= 0.3 is 11.2 Å². The average molecular weight is 294 g/mol. The van der Waals surface area contributed by atoms with Crippen LogP contribution in [0, 0.1) is 10.1 Å². The van der Waals surface area contributed by atoms with E-state index < -0.39 is 16.2 Å². The van der Waals surface area contributed by atoms with E-state index in [1.807, 2.05) is 0 Å². The van der Waals surface area contributed by atoms with E-state index in [4.69, 9.17) is 0 Å². The summed E-state index contributed by atoms with van der Waals surface area (Å²) in [6.45, 7) is 0. The number of nitro groups is 1. The molecule has 9 nitrogen and oxygen atoms in total. The van der Waals surface area contributed by atoms with Gasteiger partial charge in [0, 0.05) is 41.4 Å². The highest BCUT2D eigenvalue weighted by atomic mass is 16.6. The van der Waals surface area contributed by atoms with Gasteiger partial charge in [-0.15, -0.1) is 0 Å². The molecule has 0 spiro atoms. The number of hydrogen-bond donors (Lipinski definition) is 0. The summed E-state index contributed by atoms with van der Waals surface area (Å²) in [4.78, 5) is 33.9. The Morgan fingerprint density at radius 1 is 1.29 bits per heavy atom. The number of aromatic nitrogens is 2. The fraction of sp³-hybridized carbons (Fsp3) is 0.417. The molecule has 0 aliphatic carbocycles. The van der Waals surface area contributed by atoms with Gasteiger partial charge in [-0.2, -0.15) is 0 Å². The first-order valence-electron chi connectivity index (χ1n) is 6.04. The fourth-order valence-corrected chi connectivity index (χ4v) is 1.38. The van der Waals surface area contributed by atoms with Gasteiger partial charge in [0.05, 0.1) is 11.3 Å². The number of nitrogens with zero attached hydrogens (tertiary/aromatic N) is 6. The molecule has 0 atom stereocenters. The van der Waals surface area contributed by atoms with Crippen molar-refractivity contribution in [2.45, 2.75) is 0 Å². The summed E-state index contributed by atoms with van der Waals surface area (Å²) in [7, 11) is 8.44. The van der Waals surface area contributed by atoms with E-state index in [1.165, 1.54) is 19.5 Å². The molecule has 0 saturated carbocycles. The lowest BCUT2D eigenvalue weighted by atomic mass is 10.3. The van der Waals surface area contributed by atoms with Crippen LogP contribution in [0.1, 0.15) is 5.69 Å². The molecule has 0 unspecified atom stereocenters. The van der Waals surface area contributed by atoms with Crippen LogP contribution in [0.4, 0.5) is 11.6 Å². The maximum Gasteiger partial charge on any atom is 0.359 e. The van der Waals surface area contributed by atoms with Crippen LogP contribution in [0.3, 0.4) is 0 Å². The van der Waals surface area contributed by atoms with Gasteiger partial charge in [-0.3, -0.25) is 19.5 Å². The van der Waals surface area contributed by atoms with E-state index >= 15 is 0 Å². The summed E-state index contributed by atoms with van der Waals surface area (Å²) < 4.78 is 1.05. The summed E-state index contributed by atoms with van der Waals surface area (Å²) in [6, 6.07) is 0. The summed E-state index contributed by atoms with van der Waals surface area (Å²) in [5.41, 5.74) is -1.35. The van der Waals surface area contributed by atoms with Gasteiger partial charge in [0.2, 0.25) is 5.95 Å². The predicted octanol–water partition coefficient (Wildman–Crippen LogP) is 0.442. The molecule has 114 valence electrons. The molecule has 0 N–H and O–H groups in total. The standard InChI is InChI=1S/C12H18N6O3/c1-15(2)7-6-9-10(18(20)21)11(19)17(5)12(14-9)13-8-16(3)4/h6-8H,1-5H3/b7-6+,13-8?. The second-order valence-electron chi connectivity index (χ2n) is 4.75. The minimum absolute atomic E-state index is 0.0253. The molecule has 0 amide bonds. The van der Waals surface area contributed by atoms with Crippen molar-refractivity contribution < 1.29 is 4.92 Å². The second-order valence-corrected chi connectivity index (χ2v) is 4.75.